The molecule has 2 aliphatic heterocycles. The van der Waals surface area contributed by atoms with Gasteiger partial charge in [-0.3, -0.25) is 14.6 Å². The fourth-order valence-electron chi connectivity index (χ4n) is 3.62. The number of nitrogens with zero attached hydrogens (tertiary/aromatic N) is 3. The molecule has 2 aromatic rings. The number of amides is 1. The Hall–Kier alpha value is -2.14. The lowest BCUT2D eigenvalue weighted by Crippen LogP contribution is -2.49. The number of fused-ring (bicyclic) bond motifs is 1. The summed E-state index contributed by atoms with van der Waals surface area (Å²) in [6.07, 6.45) is 1.98. The van der Waals surface area contributed by atoms with E-state index in [4.69, 9.17) is 11.6 Å². The summed E-state index contributed by atoms with van der Waals surface area (Å²) in [5, 5.41) is 0.654. The van der Waals surface area contributed by atoms with Gasteiger partial charge in [0.15, 0.2) is 0 Å². The van der Waals surface area contributed by atoms with E-state index in [0.29, 0.717) is 11.7 Å². The summed E-state index contributed by atoms with van der Waals surface area (Å²) >= 11 is 6.25. The fourth-order valence-corrected chi connectivity index (χ4v) is 3.79. The van der Waals surface area contributed by atoms with Crippen LogP contribution in [0.25, 0.3) is 11.6 Å². The Kier molecular flexibility index (Phi) is 5.04. The van der Waals surface area contributed by atoms with E-state index in [9.17, 15) is 4.79 Å². The number of carbonyl (C=O) groups is 1. The third kappa shape index (κ3) is 3.79. The Morgan fingerprint density at radius 1 is 1.04 bits per heavy atom. The third-order valence-electron chi connectivity index (χ3n) is 5.34. The predicted molar refractivity (Wildman–Crippen MR) is 112 cm³/mol. The average molecular weight is 382 g/mol. The summed E-state index contributed by atoms with van der Waals surface area (Å²) in [5.41, 5.74) is 4.84. The number of rotatable bonds is 3. The van der Waals surface area contributed by atoms with E-state index >= 15 is 0 Å². The summed E-state index contributed by atoms with van der Waals surface area (Å²) in [7, 11) is 2.13. The molecule has 4 nitrogen and oxygen atoms in total. The minimum Gasteiger partial charge on any atom is -0.304 e. The second-order valence-electron chi connectivity index (χ2n) is 7.43. The summed E-state index contributed by atoms with van der Waals surface area (Å²) in [5.74, 6) is 0.0479. The monoisotopic (exact) mass is 381 g/mol. The molecule has 1 saturated heterocycles. The molecule has 0 N–H and O–H groups in total. The standard InChI is InChI=1S/C22H24ClN3O/c1-16-3-5-17(6-4-16)13-20-19-8-7-18(23)14-21(19)26(22(20)27)15-25-11-9-24(2)10-12-25/h3-8,13-14H,9-12,15H2,1-2H3. The summed E-state index contributed by atoms with van der Waals surface area (Å²) < 4.78 is 0. The highest BCUT2D eigenvalue weighted by Crippen LogP contribution is 2.39. The summed E-state index contributed by atoms with van der Waals surface area (Å²) in [4.78, 5) is 19.8. The minimum absolute atomic E-state index is 0.0479. The molecule has 5 heteroatoms. The molecule has 2 aromatic carbocycles. The number of hydrogen-bond donors (Lipinski definition) is 0. The van der Waals surface area contributed by atoms with Crippen molar-refractivity contribution in [1.29, 1.82) is 0 Å². The van der Waals surface area contributed by atoms with Gasteiger partial charge in [-0.15, -0.1) is 0 Å². The van der Waals surface area contributed by atoms with E-state index in [1.54, 1.807) is 0 Å². The van der Waals surface area contributed by atoms with Gasteiger partial charge in [0.25, 0.3) is 5.91 Å². The van der Waals surface area contributed by atoms with Crippen LogP contribution in [0.3, 0.4) is 0 Å². The quantitative estimate of drug-likeness (QED) is 0.758. The van der Waals surface area contributed by atoms with Crippen molar-refractivity contribution in [3.8, 4) is 0 Å². The largest absolute Gasteiger partial charge is 0.304 e. The van der Waals surface area contributed by atoms with Crippen LogP contribution in [0.4, 0.5) is 5.69 Å². The Morgan fingerprint density at radius 2 is 1.74 bits per heavy atom. The maximum Gasteiger partial charge on any atom is 0.260 e. The minimum atomic E-state index is 0.0479. The predicted octanol–water partition coefficient (Wildman–Crippen LogP) is 3.74. The van der Waals surface area contributed by atoms with E-state index in [2.05, 4.69) is 35.9 Å². The fraction of sp³-hybridized carbons (Fsp3) is 0.318. The Balaban J connectivity index is 1.66. The van der Waals surface area contributed by atoms with Gasteiger partial charge < -0.3 is 4.90 Å². The zero-order chi connectivity index (χ0) is 19.0. The molecule has 0 radical (unpaired) electrons. The number of piperazine rings is 1. The lowest BCUT2D eigenvalue weighted by Gasteiger charge is -2.34. The van der Waals surface area contributed by atoms with Gasteiger partial charge in [-0.2, -0.15) is 0 Å². The molecular formula is C22H24ClN3O. The van der Waals surface area contributed by atoms with Gasteiger partial charge >= 0.3 is 0 Å². The van der Waals surface area contributed by atoms with E-state index in [0.717, 1.165) is 48.6 Å². The lowest BCUT2D eigenvalue weighted by atomic mass is 10.0. The first kappa shape index (κ1) is 18.2. The zero-order valence-corrected chi connectivity index (χ0v) is 16.5. The molecule has 2 aliphatic rings. The van der Waals surface area contributed by atoms with E-state index in [-0.39, 0.29) is 5.91 Å². The third-order valence-corrected chi connectivity index (χ3v) is 5.58. The van der Waals surface area contributed by atoms with Crippen LogP contribution in [0, 0.1) is 6.92 Å². The SMILES string of the molecule is Cc1ccc(C=C2C(=O)N(CN3CCN(C)CC3)c3cc(Cl)ccc32)cc1. The van der Waals surface area contributed by atoms with Crippen molar-refractivity contribution in [1.82, 2.24) is 9.80 Å². The molecule has 0 saturated carbocycles. The molecule has 0 bridgehead atoms. The molecule has 4 rings (SSSR count). The van der Waals surface area contributed by atoms with Crippen molar-refractivity contribution >= 4 is 34.8 Å². The van der Waals surface area contributed by atoms with Gasteiger partial charge in [0.1, 0.15) is 0 Å². The van der Waals surface area contributed by atoms with Gasteiger partial charge in [-0.05, 0) is 37.7 Å². The van der Waals surface area contributed by atoms with Gasteiger partial charge in [0.2, 0.25) is 0 Å². The molecule has 1 fully saturated rings. The van der Waals surface area contributed by atoms with E-state index in [1.165, 1.54) is 5.56 Å². The summed E-state index contributed by atoms with van der Waals surface area (Å²) in [6.45, 7) is 6.64. The van der Waals surface area contributed by atoms with Crippen LogP contribution in [-0.4, -0.2) is 55.6 Å². The van der Waals surface area contributed by atoms with Crippen molar-refractivity contribution in [2.24, 2.45) is 0 Å². The van der Waals surface area contributed by atoms with Gasteiger partial charge in [-0.25, -0.2) is 0 Å². The molecule has 0 unspecified atom stereocenters. The highest BCUT2D eigenvalue weighted by molar-refractivity contribution is 6.37. The second-order valence-corrected chi connectivity index (χ2v) is 7.86. The molecule has 1 amide bonds. The van der Waals surface area contributed by atoms with Crippen LogP contribution in [0.5, 0.6) is 0 Å². The molecule has 0 aliphatic carbocycles. The first-order valence-corrected chi connectivity index (χ1v) is 9.70. The molecule has 0 aromatic heterocycles. The Bertz CT molecular complexity index is 883. The molecule has 0 spiro atoms. The highest BCUT2D eigenvalue weighted by Gasteiger charge is 2.34. The van der Waals surface area contributed by atoms with Gasteiger partial charge in [0, 0.05) is 42.3 Å². The van der Waals surface area contributed by atoms with Crippen molar-refractivity contribution in [2.45, 2.75) is 6.92 Å². The number of benzene rings is 2. The van der Waals surface area contributed by atoms with E-state index < -0.39 is 0 Å². The van der Waals surface area contributed by atoms with Crippen LogP contribution in [0.15, 0.2) is 42.5 Å². The van der Waals surface area contributed by atoms with Crippen molar-refractivity contribution in [3.05, 3.63) is 64.2 Å². The second kappa shape index (κ2) is 7.47. The zero-order valence-electron chi connectivity index (χ0n) is 15.8. The van der Waals surface area contributed by atoms with Crippen molar-refractivity contribution in [3.63, 3.8) is 0 Å². The van der Waals surface area contributed by atoms with Crippen LogP contribution in [0.2, 0.25) is 5.02 Å². The van der Waals surface area contributed by atoms with Crippen LogP contribution in [0.1, 0.15) is 16.7 Å². The van der Waals surface area contributed by atoms with Crippen LogP contribution < -0.4 is 4.90 Å². The maximum atomic E-state index is 13.3. The topological polar surface area (TPSA) is 26.8 Å². The van der Waals surface area contributed by atoms with Crippen LogP contribution in [-0.2, 0) is 4.79 Å². The number of hydrogen-bond acceptors (Lipinski definition) is 3. The highest BCUT2D eigenvalue weighted by atomic mass is 35.5. The van der Waals surface area contributed by atoms with Crippen molar-refractivity contribution in [2.75, 3.05) is 44.8 Å². The number of anilines is 1. The number of carbonyl (C=O) groups excluding carboxylic acids is 1. The van der Waals surface area contributed by atoms with Gasteiger partial charge in [-0.1, -0.05) is 47.5 Å². The smallest absolute Gasteiger partial charge is 0.260 e. The maximum absolute atomic E-state index is 13.3. The van der Waals surface area contributed by atoms with Gasteiger partial charge in [0.05, 0.1) is 12.4 Å². The lowest BCUT2D eigenvalue weighted by molar-refractivity contribution is -0.113. The Morgan fingerprint density at radius 3 is 2.44 bits per heavy atom. The summed E-state index contributed by atoms with van der Waals surface area (Å²) in [6, 6.07) is 14.0. The number of halogens is 1. The van der Waals surface area contributed by atoms with E-state index in [1.807, 2.05) is 41.3 Å². The molecule has 27 heavy (non-hydrogen) atoms. The first-order chi connectivity index (χ1) is 13.0. The molecular weight excluding hydrogens is 358 g/mol. The molecule has 0 atom stereocenters. The average Bonchev–Trinajstić information content (AvgIpc) is 2.90. The first-order valence-electron chi connectivity index (χ1n) is 9.32. The number of aryl methyl sites for hydroxylation is 1. The molecule has 140 valence electrons. The van der Waals surface area contributed by atoms with Crippen molar-refractivity contribution < 1.29 is 4.79 Å². The normalized spacial score (nSPS) is 19.7. The van der Waals surface area contributed by atoms with Crippen LogP contribution >= 0.6 is 11.6 Å². The number of likely N-dealkylation sites (N-methyl/N-ethyl adjacent to an activating group) is 1. The Labute approximate surface area is 165 Å². The molecule has 2 heterocycles.